The summed E-state index contributed by atoms with van der Waals surface area (Å²) in [7, 11) is 1.56. The smallest absolute Gasteiger partial charge is 0.238 e. The number of carbonyl (C=O) groups is 2. The summed E-state index contributed by atoms with van der Waals surface area (Å²) >= 11 is 12.9. The van der Waals surface area contributed by atoms with Crippen LogP contribution in [0.4, 0.5) is 5.69 Å². The molecule has 106 valence electrons. The molecule has 8 heteroatoms. The topological polar surface area (TPSA) is 70.6 Å². The van der Waals surface area contributed by atoms with E-state index >= 15 is 0 Å². The van der Waals surface area contributed by atoms with Crippen LogP contribution in [0, 0.1) is 0 Å². The normalized spacial score (nSPS) is 20.6. The van der Waals surface area contributed by atoms with Crippen molar-refractivity contribution in [1.82, 2.24) is 5.32 Å². The van der Waals surface area contributed by atoms with E-state index in [1.165, 1.54) is 11.8 Å². The van der Waals surface area contributed by atoms with E-state index in [0.29, 0.717) is 20.9 Å². The summed E-state index contributed by atoms with van der Waals surface area (Å²) in [5.41, 5.74) is 0.533. The molecule has 0 spiro atoms. The van der Waals surface area contributed by atoms with Crippen molar-refractivity contribution in [2.75, 3.05) is 12.4 Å². The Morgan fingerprint density at radius 2 is 2.20 bits per heavy atom. The van der Waals surface area contributed by atoms with Gasteiger partial charge < -0.3 is 10.6 Å². The van der Waals surface area contributed by atoms with E-state index in [-0.39, 0.29) is 18.2 Å². The highest BCUT2D eigenvalue weighted by atomic mass is 35.5. The molecule has 2 N–H and O–H groups in total. The quantitative estimate of drug-likeness (QED) is 0.874. The van der Waals surface area contributed by atoms with Crippen molar-refractivity contribution < 1.29 is 9.59 Å². The molecule has 0 saturated carbocycles. The summed E-state index contributed by atoms with van der Waals surface area (Å²) in [6.45, 7) is 0. The minimum absolute atomic E-state index is 0.108. The third-order valence-corrected chi connectivity index (χ3v) is 4.47. The summed E-state index contributed by atoms with van der Waals surface area (Å²) in [6.07, 6.45) is 0.108. The van der Waals surface area contributed by atoms with E-state index in [1.54, 1.807) is 25.2 Å². The molecule has 1 atom stereocenters. The second kappa shape index (κ2) is 6.47. The molecule has 0 aliphatic carbocycles. The number of anilines is 1. The lowest BCUT2D eigenvalue weighted by Crippen LogP contribution is -2.41. The summed E-state index contributed by atoms with van der Waals surface area (Å²) in [5.74, 6) is -0.497. The van der Waals surface area contributed by atoms with E-state index in [2.05, 4.69) is 15.6 Å². The molecule has 1 heterocycles. The summed E-state index contributed by atoms with van der Waals surface area (Å²) in [6, 6.07) is 4.80. The molecule has 5 nitrogen and oxygen atoms in total. The van der Waals surface area contributed by atoms with Gasteiger partial charge in [-0.25, -0.2) is 0 Å². The zero-order chi connectivity index (χ0) is 14.7. The number of amides is 2. The summed E-state index contributed by atoms with van der Waals surface area (Å²) in [5, 5.41) is 5.99. The highest BCUT2D eigenvalue weighted by Crippen LogP contribution is 2.26. The van der Waals surface area contributed by atoms with Gasteiger partial charge in [0.1, 0.15) is 5.25 Å². The lowest BCUT2D eigenvalue weighted by Gasteiger charge is -2.22. The average Bonchev–Trinajstić information content (AvgIpc) is 2.42. The molecule has 1 aromatic carbocycles. The second-order valence-electron chi connectivity index (χ2n) is 4.01. The molecule has 0 bridgehead atoms. The molecule has 1 saturated heterocycles. The molecule has 0 aromatic heterocycles. The first-order valence-electron chi connectivity index (χ1n) is 5.69. The SMILES string of the molecule is CN=C1NC(=O)C[C@@H](C(=O)Nc2ccc(Cl)c(Cl)c2)S1. The van der Waals surface area contributed by atoms with Crippen molar-refractivity contribution in [1.29, 1.82) is 0 Å². The average molecular weight is 332 g/mol. The number of hydrogen-bond donors (Lipinski definition) is 2. The summed E-state index contributed by atoms with van der Waals surface area (Å²) in [4.78, 5) is 27.5. The second-order valence-corrected chi connectivity index (χ2v) is 6.01. The molecule has 1 aliphatic rings. The minimum atomic E-state index is -0.517. The van der Waals surface area contributed by atoms with Gasteiger partial charge in [-0.05, 0) is 18.2 Å². The van der Waals surface area contributed by atoms with Crippen molar-refractivity contribution in [3.05, 3.63) is 28.2 Å². The minimum Gasteiger partial charge on any atom is -0.325 e. The zero-order valence-electron chi connectivity index (χ0n) is 10.4. The Morgan fingerprint density at radius 3 is 2.85 bits per heavy atom. The van der Waals surface area contributed by atoms with Crippen LogP contribution in [-0.2, 0) is 9.59 Å². The fourth-order valence-electron chi connectivity index (χ4n) is 1.60. The van der Waals surface area contributed by atoms with E-state index in [9.17, 15) is 9.59 Å². The van der Waals surface area contributed by atoms with Crippen LogP contribution in [0.3, 0.4) is 0 Å². The number of amidine groups is 1. The van der Waals surface area contributed by atoms with E-state index < -0.39 is 5.25 Å². The molecule has 1 aliphatic heterocycles. The molecule has 0 radical (unpaired) electrons. The molecule has 0 unspecified atom stereocenters. The van der Waals surface area contributed by atoms with Gasteiger partial charge in [0.25, 0.3) is 0 Å². The Hall–Kier alpha value is -1.24. The highest BCUT2D eigenvalue weighted by Gasteiger charge is 2.29. The van der Waals surface area contributed by atoms with E-state index in [4.69, 9.17) is 23.2 Å². The van der Waals surface area contributed by atoms with Crippen LogP contribution in [-0.4, -0.2) is 29.3 Å². The Labute approximate surface area is 130 Å². The number of thioether (sulfide) groups is 1. The number of hydrogen-bond acceptors (Lipinski definition) is 4. The number of benzene rings is 1. The Balaban J connectivity index is 2.07. The van der Waals surface area contributed by atoms with Gasteiger partial charge in [-0.3, -0.25) is 14.6 Å². The highest BCUT2D eigenvalue weighted by molar-refractivity contribution is 8.15. The van der Waals surface area contributed by atoms with Crippen LogP contribution in [0.5, 0.6) is 0 Å². The van der Waals surface area contributed by atoms with Gasteiger partial charge in [0, 0.05) is 19.2 Å². The Morgan fingerprint density at radius 1 is 1.45 bits per heavy atom. The van der Waals surface area contributed by atoms with Gasteiger partial charge in [0.2, 0.25) is 11.8 Å². The van der Waals surface area contributed by atoms with Gasteiger partial charge in [0.05, 0.1) is 10.0 Å². The molecule has 2 amide bonds. The zero-order valence-corrected chi connectivity index (χ0v) is 12.8. The summed E-state index contributed by atoms with van der Waals surface area (Å²) < 4.78 is 0. The molecule has 2 rings (SSSR count). The third kappa shape index (κ3) is 3.65. The number of aliphatic imine (C=N–C) groups is 1. The van der Waals surface area contributed by atoms with Gasteiger partial charge in [-0.15, -0.1) is 0 Å². The van der Waals surface area contributed by atoms with Gasteiger partial charge in [-0.2, -0.15) is 0 Å². The third-order valence-electron chi connectivity index (χ3n) is 2.55. The number of halogens is 2. The standard InChI is InChI=1S/C12H11Cl2N3O2S/c1-15-12-17-10(18)5-9(20-12)11(19)16-6-2-3-7(13)8(14)4-6/h2-4,9H,5H2,1H3,(H,16,19)(H,15,17,18)/t9-/m0/s1. The van der Waals surface area contributed by atoms with Crippen molar-refractivity contribution in [2.45, 2.75) is 11.7 Å². The fraction of sp³-hybridized carbons (Fsp3) is 0.250. The molecule has 1 aromatic rings. The van der Waals surface area contributed by atoms with E-state index in [0.717, 1.165) is 0 Å². The first-order chi connectivity index (χ1) is 9.49. The van der Waals surface area contributed by atoms with Gasteiger partial charge in [0.15, 0.2) is 5.17 Å². The number of nitrogens with zero attached hydrogens (tertiary/aromatic N) is 1. The van der Waals surface area contributed by atoms with Crippen LogP contribution in [0.25, 0.3) is 0 Å². The van der Waals surface area contributed by atoms with Crippen LogP contribution < -0.4 is 10.6 Å². The van der Waals surface area contributed by atoms with Crippen molar-refractivity contribution in [2.24, 2.45) is 4.99 Å². The van der Waals surface area contributed by atoms with Crippen LogP contribution in [0.15, 0.2) is 23.2 Å². The van der Waals surface area contributed by atoms with Crippen molar-refractivity contribution in [3.8, 4) is 0 Å². The first-order valence-corrected chi connectivity index (χ1v) is 7.32. The fourth-order valence-corrected chi connectivity index (χ4v) is 2.84. The first kappa shape index (κ1) is 15.2. The lowest BCUT2D eigenvalue weighted by atomic mass is 10.2. The maximum absolute atomic E-state index is 12.1. The van der Waals surface area contributed by atoms with Crippen molar-refractivity contribution >= 4 is 57.6 Å². The Bertz CT molecular complexity index is 592. The van der Waals surface area contributed by atoms with Crippen LogP contribution >= 0.6 is 35.0 Å². The predicted molar refractivity (Wildman–Crippen MR) is 82.6 cm³/mol. The monoisotopic (exact) mass is 331 g/mol. The van der Waals surface area contributed by atoms with E-state index in [1.807, 2.05) is 0 Å². The van der Waals surface area contributed by atoms with Crippen molar-refractivity contribution in [3.63, 3.8) is 0 Å². The van der Waals surface area contributed by atoms with Crippen LogP contribution in [0.2, 0.25) is 10.0 Å². The maximum Gasteiger partial charge on any atom is 0.238 e. The molecular weight excluding hydrogens is 321 g/mol. The molecular formula is C12H11Cl2N3O2S. The lowest BCUT2D eigenvalue weighted by molar-refractivity contribution is -0.123. The van der Waals surface area contributed by atoms with Gasteiger partial charge >= 0.3 is 0 Å². The Kier molecular flexibility index (Phi) is 4.91. The predicted octanol–water partition coefficient (Wildman–Crippen LogP) is 2.54. The number of nitrogens with one attached hydrogen (secondary N) is 2. The largest absolute Gasteiger partial charge is 0.325 e. The van der Waals surface area contributed by atoms with Gasteiger partial charge in [-0.1, -0.05) is 35.0 Å². The number of carbonyl (C=O) groups excluding carboxylic acids is 2. The van der Waals surface area contributed by atoms with Crippen LogP contribution in [0.1, 0.15) is 6.42 Å². The molecule has 20 heavy (non-hydrogen) atoms. The number of rotatable bonds is 2. The maximum atomic E-state index is 12.1. The molecule has 1 fully saturated rings.